The van der Waals surface area contributed by atoms with E-state index < -0.39 is 12.0 Å². The molecule has 7 heteroatoms. The summed E-state index contributed by atoms with van der Waals surface area (Å²) in [6.45, 7) is 0.549. The first-order chi connectivity index (χ1) is 12.0. The van der Waals surface area contributed by atoms with Crippen molar-refractivity contribution in [2.24, 2.45) is 0 Å². The van der Waals surface area contributed by atoms with E-state index in [-0.39, 0.29) is 24.3 Å². The highest BCUT2D eigenvalue weighted by atomic mass is 32.2. The Morgan fingerprint density at radius 3 is 2.68 bits per heavy atom. The second-order valence-electron chi connectivity index (χ2n) is 6.10. The normalized spacial score (nSPS) is 18.0. The highest BCUT2D eigenvalue weighted by molar-refractivity contribution is 7.98. The Hall–Kier alpha value is -2.02. The summed E-state index contributed by atoms with van der Waals surface area (Å²) in [5.74, 6) is -0.627. The lowest BCUT2D eigenvalue weighted by Gasteiger charge is -2.28. The molecule has 1 saturated heterocycles. The molecule has 1 aliphatic rings. The highest BCUT2D eigenvalue weighted by Gasteiger charge is 2.34. The van der Waals surface area contributed by atoms with Gasteiger partial charge in [-0.1, -0.05) is 18.2 Å². The molecule has 1 heterocycles. The zero-order valence-corrected chi connectivity index (χ0v) is 15.1. The van der Waals surface area contributed by atoms with Gasteiger partial charge in [-0.2, -0.15) is 11.8 Å². The summed E-state index contributed by atoms with van der Waals surface area (Å²) in [5, 5.41) is 11.9. The van der Waals surface area contributed by atoms with Gasteiger partial charge >= 0.3 is 5.97 Å². The van der Waals surface area contributed by atoms with Crippen LogP contribution in [0.1, 0.15) is 36.0 Å². The first-order valence-electron chi connectivity index (χ1n) is 8.40. The smallest absolute Gasteiger partial charge is 0.305 e. The molecule has 0 bridgehead atoms. The van der Waals surface area contributed by atoms with Crippen LogP contribution in [0, 0.1) is 0 Å². The lowest BCUT2D eigenvalue weighted by atomic mass is 10.1. The molecule has 0 spiro atoms. The molecular formula is C18H24N2O4S. The molecule has 2 amide bonds. The van der Waals surface area contributed by atoms with Crippen LogP contribution in [0.2, 0.25) is 0 Å². The number of aliphatic carboxylic acids is 1. The fourth-order valence-corrected chi connectivity index (χ4v) is 3.54. The van der Waals surface area contributed by atoms with Gasteiger partial charge in [-0.05, 0) is 43.4 Å². The molecular weight excluding hydrogens is 340 g/mol. The molecule has 1 aromatic rings. The van der Waals surface area contributed by atoms with E-state index in [1.165, 1.54) is 0 Å². The molecule has 0 radical (unpaired) electrons. The van der Waals surface area contributed by atoms with Crippen molar-refractivity contribution in [3.05, 3.63) is 35.9 Å². The van der Waals surface area contributed by atoms with E-state index in [0.717, 1.165) is 12.2 Å². The predicted octanol–water partition coefficient (Wildman–Crippen LogP) is 2.00. The number of benzene rings is 1. The van der Waals surface area contributed by atoms with Gasteiger partial charge in [0.05, 0.1) is 6.42 Å². The topological polar surface area (TPSA) is 86.7 Å². The third-order valence-electron chi connectivity index (χ3n) is 4.32. The number of thioether (sulfide) groups is 1. The molecule has 2 atom stereocenters. The fourth-order valence-electron chi connectivity index (χ4n) is 3.06. The quantitative estimate of drug-likeness (QED) is 0.737. The van der Waals surface area contributed by atoms with Gasteiger partial charge in [0.1, 0.15) is 6.04 Å². The Morgan fingerprint density at radius 2 is 2.04 bits per heavy atom. The average molecular weight is 364 g/mol. The summed E-state index contributed by atoms with van der Waals surface area (Å²) in [5.41, 5.74) is 0.507. The highest BCUT2D eigenvalue weighted by Crippen LogP contribution is 2.22. The van der Waals surface area contributed by atoms with Gasteiger partial charge in [0.2, 0.25) is 5.91 Å². The van der Waals surface area contributed by atoms with Crippen LogP contribution in [0.15, 0.2) is 30.3 Å². The fraction of sp³-hybridized carbons (Fsp3) is 0.500. The van der Waals surface area contributed by atoms with E-state index in [9.17, 15) is 14.4 Å². The zero-order valence-electron chi connectivity index (χ0n) is 14.3. The Kier molecular flexibility index (Phi) is 7.31. The molecule has 0 saturated carbocycles. The number of carboxylic acid groups (broad SMARTS) is 1. The first-order valence-corrected chi connectivity index (χ1v) is 9.79. The minimum atomic E-state index is -0.904. The van der Waals surface area contributed by atoms with Crippen molar-refractivity contribution in [3.8, 4) is 0 Å². The van der Waals surface area contributed by atoms with Crippen LogP contribution in [0.3, 0.4) is 0 Å². The summed E-state index contributed by atoms with van der Waals surface area (Å²) < 4.78 is 0. The van der Waals surface area contributed by atoms with E-state index in [1.807, 2.05) is 12.3 Å². The van der Waals surface area contributed by atoms with Crippen molar-refractivity contribution in [3.63, 3.8) is 0 Å². The van der Waals surface area contributed by atoms with Gasteiger partial charge in [-0.15, -0.1) is 0 Å². The number of carboxylic acids is 1. The number of nitrogens with zero attached hydrogens (tertiary/aromatic N) is 1. The molecule has 1 aliphatic heterocycles. The third kappa shape index (κ3) is 5.49. The van der Waals surface area contributed by atoms with E-state index >= 15 is 0 Å². The third-order valence-corrected chi connectivity index (χ3v) is 4.96. The van der Waals surface area contributed by atoms with Crippen LogP contribution in [-0.2, 0) is 9.59 Å². The van der Waals surface area contributed by atoms with Crippen molar-refractivity contribution in [2.75, 3.05) is 18.6 Å². The van der Waals surface area contributed by atoms with Crippen molar-refractivity contribution in [1.82, 2.24) is 10.2 Å². The number of amides is 2. The van der Waals surface area contributed by atoms with E-state index in [4.69, 9.17) is 5.11 Å². The maximum atomic E-state index is 12.9. The minimum absolute atomic E-state index is 0.0480. The number of carbonyl (C=O) groups is 3. The number of hydrogen-bond acceptors (Lipinski definition) is 4. The van der Waals surface area contributed by atoms with Gasteiger partial charge in [0.15, 0.2) is 0 Å². The second kappa shape index (κ2) is 9.46. The molecule has 1 aromatic carbocycles. The minimum Gasteiger partial charge on any atom is -0.481 e. The predicted molar refractivity (Wildman–Crippen MR) is 97.7 cm³/mol. The summed E-state index contributed by atoms with van der Waals surface area (Å²) in [7, 11) is 0. The average Bonchev–Trinajstić information content (AvgIpc) is 3.05. The van der Waals surface area contributed by atoms with Crippen molar-refractivity contribution in [1.29, 1.82) is 0 Å². The number of rotatable bonds is 8. The molecule has 25 heavy (non-hydrogen) atoms. The maximum absolute atomic E-state index is 12.9. The molecule has 2 N–H and O–H groups in total. The Morgan fingerprint density at radius 1 is 1.32 bits per heavy atom. The Balaban J connectivity index is 2.08. The van der Waals surface area contributed by atoms with Crippen molar-refractivity contribution in [2.45, 2.75) is 37.8 Å². The van der Waals surface area contributed by atoms with Gasteiger partial charge in [-0.3, -0.25) is 14.4 Å². The zero-order chi connectivity index (χ0) is 18.2. The summed E-state index contributed by atoms with van der Waals surface area (Å²) in [6, 6.07) is 7.87. The van der Waals surface area contributed by atoms with Gasteiger partial charge in [-0.25, -0.2) is 0 Å². The van der Waals surface area contributed by atoms with Crippen molar-refractivity contribution < 1.29 is 19.5 Å². The number of nitrogens with one attached hydrogen (secondary N) is 1. The number of likely N-dealkylation sites (tertiary alicyclic amines) is 1. The summed E-state index contributed by atoms with van der Waals surface area (Å²) in [4.78, 5) is 38.0. The molecule has 1 fully saturated rings. The SMILES string of the molecule is CSCCC(NC(=O)c1ccccc1)C(=O)N1CCCC1CC(=O)O. The lowest BCUT2D eigenvalue weighted by molar-refractivity contribution is -0.140. The molecule has 6 nitrogen and oxygen atoms in total. The first kappa shape index (κ1) is 19.3. The van der Waals surface area contributed by atoms with Crippen LogP contribution < -0.4 is 5.32 Å². The Bertz CT molecular complexity index is 608. The van der Waals surface area contributed by atoms with Crippen LogP contribution >= 0.6 is 11.8 Å². The lowest BCUT2D eigenvalue weighted by Crippen LogP contribution is -2.50. The van der Waals surface area contributed by atoms with E-state index in [1.54, 1.807) is 40.9 Å². The van der Waals surface area contributed by atoms with Gasteiger partial charge < -0.3 is 15.3 Å². The van der Waals surface area contributed by atoms with Gasteiger partial charge in [0.25, 0.3) is 5.91 Å². The molecule has 2 rings (SSSR count). The summed E-state index contributed by atoms with van der Waals surface area (Å²) in [6.07, 6.45) is 3.91. The molecule has 136 valence electrons. The largest absolute Gasteiger partial charge is 0.481 e. The summed E-state index contributed by atoms with van der Waals surface area (Å²) >= 11 is 1.61. The second-order valence-corrected chi connectivity index (χ2v) is 7.08. The molecule has 0 aromatic heterocycles. The van der Waals surface area contributed by atoms with Crippen LogP contribution in [0.25, 0.3) is 0 Å². The monoisotopic (exact) mass is 364 g/mol. The Labute approximate surface area is 152 Å². The molecule has 2 unspecified atom stereocenters. The van der Waals surface area contributed by atoms with Crippen LogP contribution in [-0.4, -0.2) is 58.4 Å². The number of hydrogen-bond donors (Lipinski definition) is 2. The maximum Gasteiger partial charge on any atom is 0.305 e. The van der Waals surface area contributed by atoms with E-state index in [0.29, 0.717) is 24.9 Å². The van der Waals surface area contributed by atoms with E-state index in [2.05, 4.69) is 5.32 Å². The van der Waals surface area contributed by atoms with Crippen LogP contribution in [0.5, 0.6) is 0 Å². The van der Waals surface area contributed by atoms with Crippen molar-refractivity contribution >= 4 is 29.5 Å². The number of carbonyl (C=O) groups excluding carboxylic acids is 2. The standard InChI is InChI=1S/C18H24N2O4S/c1-25-11-9-15(19-17(23)13-6-3-2-4-7-13)18(24)20-10-5-8-14(20)12-16(21)22/h2-4,6-7,14-15H,5,8-12H2,1H3,(H,19,23)(H,21,22). The molecule has 0 aliphatic carbocycles. The van der Waals surface area contributed by atoms with Crippen LogP contribution in [0.4, 0.5) is 0 Å². The van der Waals surface area contributed by atoms with Gasteiger partial charge in [0, 0.05) is 18.2 Å².